The van der Waals surface area contributed by atoms with Crippen molar-refractivity contribution in [3.05, 3.63) is 82.7 Å². The van der Waals surface area contributed by atoms with Crippen LogP contribution in [0.2, 0.25) is 0 Å². The molecule has 0 unspecified atom stereocenters. The van der Waals surface area contributed by atoms with Crippen molar-refractivity contribution in [2.45, 2.75) is 13.0 Å². The zero-order valence-corrected chi connectivity index (χ0v) is 16.9. The van der Waals surface area contributed by atoms with Crippen LogP contribution in [0.3, 0.4) is 0 Å². The maximum Gasteiger partial charge on any atom is 0.270 e. The van der Waals surface area contributed by atoms with Gasteiger partial charge in [-0.05, 0) is 25.1 Å². The zero-order valence-electron chi connectivity index (χ0n) is 16.9. The summed E-state index contributed by atoms with van der Waals surface area (Å²) in [6, 6.07) is 16.9. The van der Waals surface area contributed by atoms with Crippen LogP contribution in [0.25, 0.3) is 0 Å². The quantitative estimate of drug-likeness (QED) is 0.460. The normalized spacial score (nSPS) is 16.1. The van der Waals surface area contributed by atoms with Gasteiger partial charge in [-0.15, -0.1) is 0 Å². The van der Waals surface area contributed by atoms with Gasteiger partial charge in [0.25, 0.3) is 11.6 Å². The minimum Gasteiger partial charge on any atom is -0.439 e. The van der Waals surface area contributed by atoms with Crippen LogP contribution in [0, 0.1) is 10.1 Å². The highest BCUT2D eigenvalue weighted by Crippen LogP contribution is 2.24. The first kappa shape index (κ1) is 20.3. The predicted molar refractivity (Wildman–Crippen MR) is 114 cm³/mol. The summed E-state index contributed by atoms with van der Waals surface area (Å²) in [5.41, 5.74) is 0.221. The van der Waals surface area contributed by atoms with E-state index in [9.17, 15) is 14.9 Å². The van der Waals surface area contributed by atoms with Crippen molar-refractivity contribution >= 4 is 17.4 Å². The van der Waals surface area contributed by atoms with Crippen LogP contribution in [0.5, 0.6) is 11.6 Å². The number of para-hydroxylation sites is 1. The molecule has 158 valence electrons. The lowest BCUT2D eigenvalue weighted by Gasteiger charge is -2.40. The molecule has 1 amide bonds. The summed E-state index contributed by atoms with van der Waals surface area (Å²) in [5.74, 6) is 1.63. The number of carbonyl (C=O) groups is 1. The number of carbonyl (C=O) groups excluding carboxylic acids is 1. The van der Waals surface area contributed by atoms with Gasteiger partial charge < -0.3 is 14.5 Å². The van der Waals surface area contributed by atoms with Crippen LogP contribution in [0.4, 0.5) is 11.5 Å². The molecule has 2 aromatic carbocycles. The van der Waals surface area contributed by atoms with E-state index in [0.717, 1.165) is 5.82 Å². The van der Waals surface area contributed by atoms with E-state index in [4.69, 9.17) is 4.74 Å². The van der Waals surface area contributed by atoms with Gasteiger partial charge in [0, 0.05) is 49.4 Å². The molecule has 1 aliphatic rings. The molecule has 1 fully saturated rings. The van der Waals surface area contributed by atoms with Crippen LogP contribution < -0.4 is 9.64 Å². The Bertz CT molecular complexity index is 1090. The smallest absolute Gasteiger partial charge is 0.270 e. The second kappa shape index (κ2) is 8.78. The zero-order chi connectivity index (χ0) is 21.8. The van der Waals surface area contributed by atoms with Gasteiger partial charge in [-0.25, -0.2) is 9.97 Å². The van der Waals surface area contributed by atoms with Gasteiger partial charge in [-0.3, -0.25) is 14.9 Å². The topological polar surface area (TPSA) is 102 Å². The SMILES string of the molecule is C[C@H]1CN(c2cc(Oc3ccccc3)ncn2)CCN1C(=O)c1cccc([N+](=O)[O-])c1. The Hall–Kier alpha value is -4.01. The highest BCUT2D eigenvalue weighted by atomic mass is 16.6. The number of ether oxygens (including phenoxy) is 1. The monoisotopic (exact) mass is 419 g/mol. The van der Waals surface area contributed by atoms with E-state index in [2.05, 4.69) is 14.9 Å². The second-order valence-electron chi connectivity index (χ2n) is 7.23. The molecule has 0 bridgehead atoms. The van der Waals surface area contributed by atoms with E-state index >= 15 is 0 Å². The number of nitro benzene ring substituents is 1. The third kappa shape index (κ3) is 4.61. The Morgan fingerprint density at radius 1 is 1.10 bits per heavy atom. The number of piperazine rings is 1. The molecule has 2 heterocycles. The summed E-state index contributed by atoms with van der Waals surface area (Å²) < 4.78 is 5.79. The maximum atomic E-state index is 12.9. The minimum absolute atomic E-state index is 0.0935. The largest absolute Gasteiger partial charge is 0.439 e. The first-order valence-corrected chi connectivity index (χ1v) is 9.86. The molecule has 0 N–H and O–H groups in total. The Morgan fingerprint density at radius 2 is 1.90 bits per heavy atom. The average molecular weight is 419 g/mol. The molecule has 31 heavy (non-hydrogen) atoms. The van der Waals surface area contributed by atoms with Crippen molar-refractivity contribution in [3.63, 3.8) is 0 Å². The Labute approximate surface area is 179 Å². The highest BCUT2D eigenvalue weighted by Gasteiger charge is 2.29. The third-order valence-electron chi connectivity index (χ3n) is 5.11. The molecule has 9 heteroatoms. The number of hydrogen-bond acceptors (Lipinski definition) is 7. The van der Waals surface area contributed by atoms with Crippen molar-refractivity contribution in [1.82, 2.24) is 14.9 Å². The van der Waals surface area contributed by atoms with Crippen LogP contribution in [0.1, 0.15) is 17.3 Å². The first-order valence-electron chi connectivity index (χ1n) is 9.86. The standard InChI is InChI=1S/C22H21N5O4/c1-16-14-25(20-13-21(24-15-23-20)31-19-8-3-2-4-9-19)10-11-26(16)22(28)17-6-5-7-18(12-17)27(29)30/h2-9,12-13,15-16H,10-11,14H2,1H3/t16-/m0/s1. The number of amides is 1. The first-order chi connectivity index (χ1) is 15.0. The lowest BCUT2D eigenvalue weighted by atomic mass is 10.1. The molecule has 3 aromatic rings. The van der Waals surface area contributed by atoms with Gasteiger partial charge in [0.1, 0.15) is 17.9 Å². The van der Waals surface area contributed by atoms with Gasteiger partial charge >= 0.3 is 0 Å². The molecular weight excluding hydrogens is 398 g/mol. The highest BCUT2D eigenvalue weighted by molar-refractivity contribution is 5.95. The Kier molecular flexibility index (Phi) is 5.74. The summed E-state index contributed by atoms with van der Waals surface area (Å²) in [7, 11) is 0. The van der Waals surface area contributed by atoms with Gasteiger partial charge in [-0.2, -0.15) is 0 Å². The maximum absolute atomic E-state index is 12.9. The molecule has 1 atom stereocenters. The molecule has 0 radical (unpaired) electrons. The van der Waals surface area contributed by atoms with Crippen molar-refractivity contribution in [3.8, 4) is 11.6 Å². The summed E-state index contributed by atoms with van der Waals surface area (Å²) in [6.45, 7) is 3.57. The van der Waals surface area contributed by atoms with Crippen LogP contribution in [0.15, 0.2) is 67.0 Å². The lowest BCUT2D eigenvalue weighted by Crippen LogP contribution is -2.54. The van der Waals surface area contributed by atoms with Gasteiger partial charge in [-0.1, -0.05) is 24.3 Å². The summed E-state index contributed by atoms with van der Waals surface area (Å²) >= 11 is 0. The van der Waals surface area contributed by atoms with Crippen molar-refractivity contribution in [2.75, 3.05) is 24.5 Å². The van der Waals surface area contributed by atoms with Gasteiger partial charge in [0.15, 0.2) is 0 Å². The van der Waals surface area contributed by atoms with E-state index in [-0.39, 0.29) is 17.6 Å². The van der Waals surface area contributed by atoms with Gasteiger partial charge in [0.05, 0.1) is 4.92 Å². The fourth-order valence-corrected chi connectivity index (χ4v) is 3.55. The number of rotatable bonds is 5. The molecule has 1 saturated heterocycles. The molecule has 4 rings (SSSR count). The van der Waals surface area contributed by atoms with E-state index in [1.807, 2.05) is 37.3 Å². The van der Waals surface area contributed by atoms with Gasteiger partial charge in [0.2, 0.25) is 5.88 Å². The summed E-state index contributed by atoms with van der Waals surface area (Å²) in [5, 5.41) is 11.0. The number of hydrogen-bond donors (Lipinski definition) is 0. The number of aromatic nitrogens is 2. The number of non-ortho nitro benzene ring substituents is 1. The van der Waals surface area contributed by atoms with Crippen LogP contribution in [-0.2, 0) is 0 Å². The molecule has 1 aliphatic heterocycles. The van der Waals surface area contributed by atoms with E-state index < -0.39 is 4.92 Å². The van der Waals surface area contributed by atoms with E-state index in [1.54, 1.807) is 17.0 Å². The minimum atomic E-state index is -0.498. The van der Waals surface area contributed by atoms with Crippen molar-refractivity contribution in [2.24, 2.45) is 0 Å². The van der Waals surface area contributed by atoms with E-state index in [0.29, 0.717) is 36.8 Å². The molecule has 0 spiro atoms. The van der Waals surface area contributed by atoms with Crippen molar-refractivity contribution in [1.29, 1.82) is 0 Å². The van der Waals surface area contributed by atoms with Crippen LogP contribution >= 0.6 is 0 Å². The molecule has 0 saturated carbocycles. The number of benzene rings is 2. The molecule has 0 aliphatic carbocycles. The van der Waals surface area contributed by atoms with Crippen molar-refractivity contribution < 1.29 is 14.5 Å². The number of nitrogens with zero attached hydrogens (tertiary/aromatic N) is 5. The fraction of sp³-hybridized carbons (Fsp3) is 0.227. The molecule has 9 nitrogen and oxygen atoms in total. The number of nitro groups is 1. The second-order valence-corrected chi connectivity index (χ2v) is 7.23. The average Bonchev–Trinajstić information content (AvgIpc) is 2.79. The Morgan fingerprint density at radius 3 is 2.65 bits per heavy atom. The van der Waals surface area contributed by atoms with E-state index in [1.165, 1.54) is 24.5 Å². The summed E-state index contributed by atoms with van der Waals surface area (Å²) in [4.78, 5) is 35.8. The molecular formula is C22H21N5O4. The predicted octanol–water partition coefficient (Wildman–Crippen LogP) is 3.53. The Balaban J connectivity index is 1.45. The fourth-order valence-electron chi connectivity index (χ4n) is 3.55. The number of anilines is 1. The van der Waals surface area contributed by atoms with Crippen LogP contribution in [-0.4, -0.2) is 51.4 Å². The third-order valence-corrected chi connectivity index (χ3v) is 5.11. The molecule has 1 aromatic heterocycles. The lowest BCUT2D eigenvalue weighted by molar-refractivity contribution is -0.384. The summed E-state index contributed by atoms with van der Waals surface area (Å²) in [6.07, 6.45) is 1.46.